The fourth-order valence-electron chi connectivity index (χ4n) is 4.27. The van der Waals surface area contributed by atoms with Crippen LogP contribution in [0, 0.1) is 6.92 Å². The third kappa shape index (κ3) is 8.18. The summed E-state index contributed by atoms with van der Waals surface area (Å²) in [7, 11) is 0. The van der Waals surface area contributed by atoms with Crippen LogP contribution in [-0.2, 0) is 21.9 Å². The molecule has 3 rings (SSSR count). The van der Waals surface area contributed by atoms with Gasteiger partial charge in [-0.3, -0.25) is 9.59 Å². The average Bonchev–Trinajstić information content (AvgIpc) is 2.82. The van der Waals surface area contributed by atoms with Crippen LogP contribution in [0.25, 0.3) is 0 Å². The van der Waals surface area contributed by atoms with Gasteiger partial charge in [-0.05, 0) is 49.4 Å². The summed E-state index contributed by atoms with van der Waals surface area (Å²) < 4.78 is 1.05. The van der Waals surface area contributed by atoms with Gasteiger partial charge in [-0.25, -0.2) is 0 Å². The van der Waals surface area contributed by atoms with Crippen molar-refractivity contribution in [2.45, 2.75) is 76.8 Å². The number of carbonyl (C=O) groups excluding carboxylic acids is 2. The monoisotopic (exact) mass is 530 g/mol. The highest BCUT2D eigenvalue weighted by molar-refractivity contribution is 9.10. The number of nitrogens with one attached hydrogen (secondary N) is 1. The van der Waals surface area contributed by atoms with Crippen molar-refractivity contribution < 1.29 is 9.59 Å². The maximum atomic E-state index is 13.4. The predicted octanol–water partition coefficient (Wildman–Crippen LogP) is 6.25. The molecule has 0 heterocycles. The lowest BCUT2D eigenvalue weighted by molar-refractivity contribution is -0.139. The summed E-state index contributed by atoms with van der Waals surface area (Å²) in [5, 5.41) is 3.24. The van der Waals surface area contributed by atoms with Crippen LogP contribution in [0.1, 0.15) is 62.1 Å². The van der Waals surface area contributed by atoms with Gasteiger partial charge < -0.3 is 10.2 Å². The van der Waals surface area contributed by atoms with E-state index in [9.17, 15) is 9.59 Å². The molecule has 1 unspecified atom stereocenters. The van der Waals surface area contributed by atoms with E-state index in [1.165, 1.54) is 30.4 Å². The van der Waals surface area contributed by atoms with Gasteiger partial charge in [-0.1, -0.05) is 84.1 Å². The van der Waals surface area contributed by atoms with E-state index in [1.807, 2.05) is 19.1 Å². The normalized spacial score (nSPS) is 15.1. The number of hydrogen-bond donors (Lipinski definition) is 1. The summed E-state index contributed by atoms with van der Waals surface area (Å²) in [6, 6.07) is 16.2. The van der Waals surface area contributed by atoms with Gasteiger partial charge in [0.2, 0.25) is 11.8 Å². The molecule has 178 valence electrons. The third-order valence-corrected chi connectivity index (χ3v) is 7.74. The van der Waals surface area contributed by atoms with Crippen molar-refractivity contribution in [3.05, 3.63) is 69.7 Å². The summed E-state index contributed by atoms with van der Waals surface area (Å²) in [5.41, 5.74) is 3.42. The first kappa shape index (κ1) is 25.8. The standard InChI is InChI=1S/C27H35BrN2O2S/c1-3-25(27(32)29-24-7-5-4-6-8-24)30(17-21-11-9-20(2)10-12-21)26(31)19-33-18-22-13-15-23(28)16-14-22/h9-16,24-25H,3-8,17-19H2,1-2H3,(H,29,32). The highest BCUT2D eigenvalue weighted by Crippen LogP contribution is 2.21. The smallest absolute Gasteiger partial charge is 0.243 e. The Bertz CT molecular complexity index is 895. The number of rotatable bonds is 10. The van der Waals surface area contributed by atoms with E-state index in [-0.39, 0.29) is 17.9 Å². The van der Waals surface area contributed by atoms with Crippen molar-refractivity contribution in [1.82, 2.24) is 10.2 Å². The van der Waals surface area contributed by atoms with Gasteiger partial charge in [0.25, 0.3) is 0 Å². The van der Waals surface area contributed by atoms with Crippen molar-refractivity contribution in [2.75, 3.05) is 5.75 Å². The average molecular weight is 532 g/mol. The van der Waals surface area contributed by atoms with Crippen molar-refractivity contribution >= 4 is 39.5 Å². The fourth-order valence-corrected chi connectivity index (χ4v) is 5.41. The molecule has 0 aliphatic heterocycles. The number of carbonyl (C=O) groups is 2. The third-order valence-electron chi connectivity index (χ3n) is 6.22. The van der Waals surface area contributed by atoms with E-state index in [2.05, 4.69) is 64.6 Å². The Hall–Kier alpha value is -1.79. The van der Waals surface area contributed by atoms with Crippen LogP contribution in [0.4, 0.5) is 0 Å². The van der Waals surface area contributed by atoms with Gasteiger partial charge in [-0.2, -0.15) is 0 Å². The minimum Gasteiger partial charge on any atom is -0.352 e. The Morgan fingerprint density at radius 2 is 1.67 bits per heavy atom. The molecular weight excluding hydrogens is 496 g/mol. The SMILES string of the molecule is CCC(C(=O)NC1CCCCC1)N(Cc1ccc(C)cc1)C(=O)CSCc1ccc(Br)cc1. The lowest BCUT2D eigenvalue weighted by Gasteiger charge is -2.32. The van der Waals surface area contributed by atoms with E-state index in [1.54, 1.807) is 16.7 Å². The number of aryl methyl sites for hydroxylation is 1. The Balaban J connectivity index is 1.68. The molecule has 1 atom stereocenters. The zero-order valence-electron chi connectivity index (χ0n) is 19.7. The minimum absolute atomic E-state index is 0.0113. The number of benzene rings is 2. The Kier molecular flexibility index (Phi) is 10.3. The molecule has 1 aliphatic carbocycles. The van der Waals surface area contributed by atoms with E-state index < -0.39 is 6.04 Å². The van der Waals surface area contributed by atoms with Gasteiger partial charge in [0.15, 0.2) is 0 Å². The fraction of sp³-hybridized carbons (Fsp3) is 0.481. The van der Waals surface area contributed by atoms with Crippen molar-refractivity contribution in [3.63, 3.8) is 0 Å². The van der Waals surface area contributed by atoms with E-state index >= 15 is 0 Å². The van der Waals surface area contributed by atoms with Crippen molar-refractivity contribution in [3.8, 4) is 0 Å². The van der Waals surface area contributed by atoms with Gasteiger partial charge in [-0.15, -0.1) is 11.8 Å². The van der Waals surface area contributed by atoms with Gasteiger partial charge >= 0.3 is 0 Å². The maximum absolute atomic E-state index is 13.4. The Labute approximate surface area is 211 Å². The minimum atomic E-state index is -0.450. The first-order chi connectivity index (χ1) is 16.0. The van der Waals surface area contributed by atoms with Gasteiger partial charge in [0, 0.05) is 22.8 Å². The Morgan fingerprint density at radius 3 is 2.30 bits per heavy atom. The lowest BCUT2D eigenvalue weighted by atomic mass is 9.95. The number of nitrogens with zero attached hydrogens (tertiary/aromatic N) is 1. The van der Waals surface area contributed by atoms with Crippen LogP contribution in [0.2, 0.25) is 0 Å². The topological polar surface area (TPSA) is 49.4 Å². The molecule has 0 aromatic heterocycles. The molecule has 0 radical (unpaired) electrons. The van der Waals surface area contributed by atoms with E-state index in [4.69, 9.17) is 0 Å². The van der Waals surface area contributed by atoms with Crippen LogP contribution in [0.3, 0.4) is 0 Å². The highest BCUT2D eigenvalue weighted by atomic mass is 79.9. The molecule has 6 heteroatoms. The van der Waals surface area contributed by atoms with Crippen LogP contribution < -0.4 is 5.32 Å². The number of hydrogen-bond acceptors (Lipinski definition) is 3. The molecule has 1 fully saturated rings. The zero-order valence-corrected chi connectivity index (χ0v) is 22.1. The second-order valence-corrected chi connectivity index (χ2v) is 10.8. The zero-order chi connectivity index (χ0) is 23.6. The molecule has 0 spiro atoms. The molecule has 33 heavy (non-hydrogen) atoms. The first-order valence-corrected chi connectivity index (χ1v) is 13.9. The summed E-state index contributed by atoms with van der Waals surface area (Å²) in [6.07, 6.45) is 6.26. The lowest BCUT2D eigenvalue weighted by Crippen LogP contribution is -2.52. The molecule has 0 saturated heterocycles. The van der Waals surface area contributed by atoms with Gasteiger partial charge in [0.1, 0.15) is 6.04 Å². The summed E-state index contributed by atoms with van der Waals surface area (Å²) in [5.74, 6) is 1.13. The quantitative estimate of drug-likeness (QED) is 0.395. The molecule has 2 aromatic rings. The first-order valence-electron chi connectivity index (χ1n) is 11.9. The highest BCUT2D eigenvalue weighted by Gasteiger charge is 2.30. The number of thioether (sulfide) groups is 1. The molecule has 2 amide bonds. The van der Waals surface area contributed by atoms with Gasteiger partial charge in [0.05, 0.1) is 5.75 Å². The summed E-state index contributed by atoms with van der Waals surface area (Å²) >= 11 is 5.06. The van der Waals surface area contributed by atoms with Crippen LogP contribution in [0.15, 0.2) is 53.0 Å². The second kappa shape index (κ2) is 13.2. The van der Waals surface area contributed by atoms with Crippen LogP contribution in [0.5, 0.6) is 0 Å². The molecule has 1 saturated carbocycles. The van der Waals surface area contributed by atoms with Crippen LogP contribution in [-0.4, -0.2) is 34.6 Å². The Morgan fingerprint density at radius 1 is 1.03 bits per heavy atom. The van der Waals surface area contributed by atoms with E-state index in [0.29, 0.717) is 18.7 Å². The molecule has 1 aliphatic rings. The maximum Gasteiger partial charge on any atom is 0.243 e. The van der Waals surface area contributed by atoms with Crippen molar-refractivity contribution in [1.29, 1.82) is 0 Å². The van der Waals surface area contributed by atoms with Crippen LogP contribution >= 0.6 is 27.7 Å². The predicted molar refractivity (Wildman–Crippen MR) is 141 cm³/mol. The number of amides is 2. The summed E-state index contributed by atoms with van der Waals surface area (Å²) in [6.45, 7) is 4.50. The summed E-state index contributed by atoms with van der Waals surface area (Å²) in [4.78, 5) is 28.4. The molecule has 2 aromatic carbocycles. The van der Waals surface area contributed by atoms with E-state index in [0.717, 1.165) is 28.6 Å². The molecule has 4 nitrogen and oxygen atoms in total. The molecule has 1 N–H and O–H groups in total. The van der Waals surface area contributed by atoms with Crippen molar-refractivity contribution in [2.24, 2.45) is 0 Å². The second-order valence-electron chi connectivity index (χ2n) is 8.89. The molecule has 0 bridgehead atoms. The number of halogens is 1. The molecular formula is C27H35BrN2O2S. The largest absolute Gasteiger partial charge is 0.352 e.